The van der Waals surface area contributed by atoms with Gasteiger partial charge in [-0.25, -0.2) is 9.78 Å². The average molecular weight is 673 g/mol. The molecule has 2 aromatic rings. The van der Waals surface area contributed by atoms with Crippen molar-refractivity contribution in [3.8, 4) is 0 Å². The number of benzene rings is 1. The van der Waals surface area contributed by atoms with Crippen molar-refractivity contribution in [1.82, 2.24) is 30.7 Å². The molecule has 4 N–H and O–H groups in total. The summed E-state index contributed by atoms with van der Waals surface area (Å²) in [4.78, 5) is 48.1. The van der Waals surface area contributed by atoms with E-state index in [1.165, 1.54) is 4.90 Å². The van der Waals surface area contributed by atoms with Crippen molar-refractivity contribution in [3.05, 3.63) is 52.0 Å². The van der Waals surface area contributed by atoms with Crippen LogP contribution in [0.5, 0.6) is 0 Å². The summed E-state index contributed by atoms with van der Waals surface area (Å²) in [7, 11) is 1.68. The van der Waals surface area contributed by atoms with E-state index in [0.29, 0.717) is 31.3 Å². The fraction of sp³-hybridized carbons (Fsp3) is 0.667. The van der Waals surface area contributed by atoms with E-state index in [2.05, 4.69) is 55.6 Å². The van der Waals surface area contributed by atoms with Crippen molar-refractivity contribution in [2.75, 3.05) is 26.7 Å². The molecule has 0 saturated heterocycles. The van der Waals surface area contributed by atoms with Crippen LogP contribution < -0.4 is 16.0 Å². The molecule has 2 rings (SSSR count). The summed E-state index contributed by atoms with van der Waals surface area (Å²) in [6.07, 6.45) is -0.595. The molecule has 4 amide bonds. The van der Waals surface area contributed by atoms with Gasteiger partial charge in [0.25, 0.3) is 0 Å². The number of amides is 4. The third-order valence-corrected chi connectivity index (χ3v) is 9.33. The number of carbonyl (C=O) groups excluding carboxylic acids is 3. The fourth-order valence-corrected chi connectivity index (χ4v) is 5.88. The molecule has 0 aliphatic carbocycles. The van der Waals surface area contributed by atoms with Gasteiger partial charge in [-0.05, 0) is 50.5 Å². The van der Waals surface area contributed by atoms with Crippen LogP contribution in [0.25, 0.3) is 0 Å². The molecule has 1 unspecified atom stereocenters. The van der Waals surface area contributed by atoms with Crippen LogP contribution in [0.3, 0.4) is 0 Å². The monoisotopic (exact) mass is 672 g/mol. The Morgan fingerprint density at radius 3 is 2.11 bits per heavy atom. The molecule has 0 radical (unpaired) electrons. The van der Waals surface area contributed by atoms with Gasteiger partial charge in [0.15, 0.2) is 0 Å². The Labute approximate surface area is 287 Å². The van der Waals surface area contributed by atoms with E-state index in [4.69, 9.17) is 0 Å². The van der Waals surface area contributed by atoms with Crippen LogP contribution in [0.2, 0.25) is 0 Å². The summed E-state index contributed by atoms with van der Waals surface area (Å²) in [5.41, 5.74) is 1.38. The second-order valence-electron chi connectivity index (χ2n) is 14.9. The quantitative estimate of drug-likeness (QED) is 0.187. The van der Waals surface area contributed by atoms with Gasteiger partial charge >= 0.3 is 6.03 Å². The van der Waals surface area contributed by atoms with Gasteiger partial charge in [0, 0.05) is 37.0 Å². The predicted molar refractivity (Wildman–Crippen MR) is 191 cm³/mol. The van der Waals surface area contributed by atoms with Crippen LogP contribution in [0.1, 0.15) is 91.4 Å². The molecule has 11 heteroatoms. The lowest BCUT2D eigenvalue weighted by Gasteiger charge is -2.34. The molecule has 1 aromatic heterocycles. The number of nitrogens with zero attached hydrogens (tertiary/aromatic N) is 3. The molecule has 1 aromatic carbocycles. The molecule has 0 fully saturated rings. The third-order valence-electron chi connectivity index (χ3n) is 8.14. The van der Waals surface area contributed by atoms with Gasteiger partial charge in [-0.3, -0.25) is 14.5 Å². The van der Waals surface area contributed by atoms with Crippen molar-refractivity contribution < 1.29 is 19.5 Å². The SMILES string of the molecule is CC(C)c1nc(CN(C)C(=O)N[C@H](C(=O)N[C@@H](Cc2ccccc2)[C@H](O)CN(CC(=O)NC(C)(C)C)CC(C)C(C)C)C(C)C)cs1. The van der Waals surface area contributed by atoms with Crippen LogP contribution in [-0.2, 0) is 22.6 Å². The zero-order valence-electron chi connectivity index (χ0n) is 30.5. The maximum Gasteiger partial charge on any atom is 0.318 e. The molecule has 0 spiro atoms. The van der Waals surface area contributed by atoms with Gasteiger partial charge in [-0.1, -0.05) is 78.8 Å². The Kier molecular flexibility index (Phi) is 15.8. The molecule has 47 heavy (non-hydrogen) atoms. The number of aliphatic hydroxyl groups excluding tert-OH is 1. The molecule has 1 heterocycles. The number of urea groups is 1. The number of hydrogen-bond donors (Lipinski definition) is 4. The van der Waals surface area contributed by atoms with Gasteiger partial charge < -0.3 is 26.0 Å². The molecular formula is C36H60N6O4S. The molecule has 10 nitrogen and oxygen atoms in total. The highest BCUT2D eigenvalue weighted by molar-refractivity contribution is 7.09. The number of thiazole rings is 1. The first-order valence-electron chi connectivity index (χ1n) is 16.9. The maximum atomic E-state index is 13.8. The Bertz CT molecular complexity index is 1260. The number of aromatic nitrogens is 1. The van der Waals surface area contributed by atoms with Crippen LogP contribution in [0, 0.1) is 17.8 Å². The molecule has 0 aliphatic rings. The Morgan fingerprint density at radius 1 is 0.936 bits per heavy atom. The second-order valence-corrected chi connectivity index (χ2v) is 15.8. The first kappa shape index (κ1) is 40.2. The van der Waals surface area contributed by atoms with E-state index in [1.807, 2.05) is 75.2 Å². The van der Waals surface area contributed by atoms with Gasteiger partial charge in [-0.15, -0.1) is 11.3 Å². The summed E-state index contributed by atoms with van der Waals surface area (Å²) in [5.74, 6) is 0.289. The molecular weight excluding hydrogens is 613 g/mol. The van der Waals surface area contributed by atoms with E-state index in [-0.39, 0.29) is 48.3 Å². The lowest BCUT2D eigenvalue weighted by molar-refractivity contribution is -0.127. The highest BCUT2D eigenvalue weighted by Gasteiger charge is 2.31. The largest absolute Gasteiger partial charge is 0.390 e. The molecule has 0 aliphatic heterocycles. The van der Waals surface area contributed by atoms with Crippen LogP contribution in [0.15, 0.2) is 35.7 Å². The van der Waals surface area contributed by atoms with Crippen molar-refractivity contribution in [2.24, 2.45) is 17.8 Å². The van der Waals surface area contributed by atoms with Crippen LogP contribution in [-0.4, -0.2) is 88.1 Å². The first-order valence-corrected chi connectivity index (χ1v) is 17.8. The normalized spacial score (nSPS) is 14.6. The predicted octanol–water partition coefficient (Wildman–Crippen LogP) is 5.03. The lowest BCUT2D eigenvalue weighted by atomic mass is 9.96. The van der Waals surface area contributed by atoms with Gasteiger partial charge in [0.2, 0.25) is 11.8 Å². The van der Waals surface area contributed by atoms with E-state index >= 15 is 0 Å². The Balaban J connectivity index is 2.24. The van der Waals surface area contributed by atoms with E-state index < -0.39 is 18.2 Å². The summed E-state index contributed by atoms with van der Waals surface area (Å²) < 4.78 is 0. The van der Waals surface area contributed by atoms with Gasteiger partial charge in [-0.2, -0.15) is 0 Å². The zero-order valence-corrected chi connectivity index (χ0v) is 31.3. The topological polar surface area (TPSA) is 127 Å². The molecule has 0 bridgehead atoms. The van der Waals surface area contributed by atoms with E-state index in [9.17, 15) is 19.5 Å². The van der Waals surface area contributed by atoms with Crippen molar-refractivity contribution in [3.63, 3.8) is 0 Å². The minimum Gasteiger partial charge on any atom is -0.390 e. The highest BCUT2D eigenvalue weighted by Crippen LogP contribution is 2.20. The standard InChI is InChI=1S/C36H60N6O4S/c1-23(2)26(7)18-42(21-31(44)40-36(8,9)10)20-30(43)29(17-27-15-13-12-14-16-27)38-33(45)32(24(3)4)39-35(46)41(11)19-28-22-47-34(37-28)25(5)6/h12-16,22-26,29-30,32,43H,17-21H2,1-11H3,(H,38,45)(H,39,46)(H,40,44)/t26?,29-,30+,32-/m0/s1. The zero-order chi connectivity index (χ0) is 35.5. The van der Waals surface area contributed by atoms with Crippen LogP contribution >= 0.6 is 11.3 Å². The van der Waals surface area contributed by atoms with E-state index in [1.54, 1.807) is 18.4 Å². The number of rotatable bonds is 17. The number of hydrogen-bond acceptors (Lipinski definition) is 7. The summed E-state index contributed by atoms with van der Waals surface area (Å²) in [6.45, 7) is 21.4. The van der Waals surface area contributed by atoms with E-state index in [0.717, 1.165) is 16.3 Å². The molecule has 4 atom stereocenters. The first-order chi connectivity index (χ1) is 21.9. The Hall–Kier alpha value is -3.02. The minimum absolute atomic E-state index is 0.117. The smallest absolute Gasteiger partial charge is 0.318 e. The van der Waals surface area contributed by atoms with Gasteiger partial charge in [0.1, 0.15) is 6.04 Å². The minimum atomic E-state index is -0.980. The number of aliphatic hydroxyl groups is 1. The average Bonchev–Trinajstić information content (AvgIpc) is 3.43. The number of nitrogens with one attached hydrogen (secondary N) is 3. The number of carbonyl (C=O) groups is 3. The van der Waals surface area contributed by atoms with Crippen LogP contribution in [0.4, 0.5) is 4.79 Å². The summed E-state index contributed by atoms with van der Waals surface area (Å²) >= 11 is 1.58. The Morgan fingerprint density at radius 2 is 1.57 bits per heavy atom. The molecule has 0 saturated carbocycles. The highest BCUT2D eigenvalue weighted by atomic mass is 32.1. The fourth-order valence-electron chi connectivity index (χ4n) is 5.05. The van der Waals surface area contributed by atoms with Crippen molar-refractivity contribution in [2.45, 2.75) is 112 Å². The van der Waals surface area contributed by atoms with Crippen molar-refractivity contribution >= 4 is 29.2 Å². The third kappa shape index (κ3) is 14.3. The second kappa shape index (κ2) is 18.5. The summed E-state index contributed by atoms with van der Waals surface area (Å²) in [6, 6.07) is 7.83. The molecule has 264 valence electrons. The summed E-state index contributed by atoms with van der Waals surface area (Å²) in [5, 5.41) is 23.7. The van der Waals surface area contributed by atoms with Gasteiger partial charge in [0.05, 0.1) is 35.9 Å². The lowest BCUT2D eigenvalue weighted by Crippen LogP contribution is -2.58. The maximum absolute atomic E-state index is 13.8. The van der Waals surface area contributed by atoms with Crippen molar-refractivity contribution in [1.29, 1.82) is 0 Å².